The van der Waals surface area contributed by atoms with Crippen LogP contribution in [0.25, 0.3) is 0 Å². The van der Waals surface area contributed by atoms with Gasteiger partial charge >= 0.3 is 5.97 Å². The molecule has 11 nitrogen and oxygen atoms in total. The molecule has 0 rings (SSSR count). The van der Waals surface area contributed by atoms with E-state index in [1.807, 2.05) is 6.92 Å². The minimum absolute atomic E-state index is 0.297. The summed E-state index contributed by atoms with van der Waals surface area (Å²) in [4.78, 5) is 48.5. The number of aliphatic hydroxyl groups excluding tert-OH is 2. The summed E-state index contributed by atoms with van der Waals surface area (Å²) in [5.41, 5.74) is 5.49. The van der Waals surface area contributed by atoms with Gasteiger partial charge in [-0.2, -0.15) is 0 Å². The van der Waals surface area contributed by atoms with Gasteiger partial charge in [0.2, 0.25) is 17.7 Å². The zero-order chi connectivity index (χ0) is 22.7. The fourth-order valence-electron chi connectivity index (χ4n) is 2.44. The Morgan fingerprint density at radius 2 is 1.21 bits per heavy atom. The predicted molar refractivity (Wildman–Crippen MR) is 104 cm³/mol. The van der Waals surface area contributed by atoms with E-state index in [9.17, 15) is 19.2 Å². The standard InChI is InChI=1S/C18H34N4O7/c1-5-9(3)13(16(26)20-12(8-24)18(28)29)22-17(27)14(10(4)6-2)21-15(25)11(19)7-23/h9-14,23-24H,5-8,19H2,1-4H3,(H,20,26)(H,21,25)(H,22,27)(H,28,29). The summed E-state index contributed by atoms with van der Waals surface area (Å²) in [6.07, 6.45) is 1.05. The molecule has 0 aliphatic carbocycles. The van der Waals surface area contributed by atoms with Crippen LogP contribution in [-0.2, 0) is 19.2 Å². The Labute approximate surface area is 170 Å². The van der Waals surface area contributed by atoms with E-state index in [0.717, 1.165) is 0 Å². The normalized spacial score (nSPS) is 17.2. The first-order chi connectivity index (χ1) is 13.5. The molecule has 0 spiro atoms. The second-order valence-electron chi connectivity index (χ2n) is 7.11. The summed E-state index contributed by atoms with van der Waals surface area (Å²) in [5, 5.41) is 34.4. The Kier molecular flexibility index (Phi) is 12.1. The Hall–Kier alpha value is -2.24. The minimum atomic E-state index is -1.50. The number of rotatable bonds is 13. The van der Waals surface area contributed by atoms with Gasteiger partial charge in [0, 0.05) is 0 Å². The molecule has 0 saturated heterocycles. The molecule has 11 heteroatoms. The van der Waals surface area contributed by atoms with Gasteiger partial charge in [0.1, 0.15) is 24.2 Å². The largest absolute Gasteiger partial charge is 0.480 e. The first kappa shape index (κ1) is 26.8. The second-order valence-corrected chi connectivity index (χ2v) is 7.11. The van der Waals surface area contributed by atoms with Crippen molar-refractivity contribution in [2.45, 2.75) is 64.7 Å². The summed E-state index contributed by atoms with van der Waals surface area (Å²) >= 11 is 0. The molecule has 0 fully saturated rings. The molecule has 168 valence electrons. The van der Waals surface area contributed by atoms with E-state index in [2.05, 4.69) is 16.0 Å². The molecule has 29 heavy (non-hydrogen) atoms. The SMILES string of the molecule is CCC(C)C(NC(=O)C(N)CO)C(=O)NC(C(=O)NC(CO)C(=O)O)C(C)CC. The Bertz CT molecular complexity index is 572. The first-order valence-corrected chi connectivity index (χ1v) is 9.65. The average Bonchev–Trinajstić information content (AvgIpc) is 2.71. The first-order valence-electron chi connectivity index (χ1n) is 9.65. The molecular formula is C18H34N4O7. The van der Waals surface area contributed by atoms with E-state index in [0.29, 0.717) is 12.8 Å². The van der Waals surface area contributed by atoms with Gasteiger partial charge in [-0.3, -0.25) is 14.4 Å². The monoisotopic (exact) mass is 418 g/mol. The topological polar surface area (TPSA) is 191 Å². The third-order valence-corrected chi connectivity index (χ3v) is 4.92. The van der Waals surface area contributed by atoms with Gasteiger partial charge in [0.15, 0.2) is 0 Å². The zero-order valence-corrected chi connectivity index (χ0v) is 17.3. The Morgan fingerprint density at radius 1 is 0.793 bits per heavy atom. The van der Waals surface area contributed by atoms with Gasteiger partial charge in [0.25, 0.3) is 0 Å². The van der Waals surface area contributed by atoms with Crippen LogP contribution < -0.4 is 21.7 Å². The van der Waals surface area contributed by atoms with Crippen molar-refractivity contribution >= 4 is 23.7 Å². The lowest BCUT2D eigenvalue weighted by Crippen LogP contribution is -2.60. The summed E-state index contributed by atoms with van der Waals surface area (Å²) in [7, 11) is 0. The van der Waals surface area contributed by atoms with Gasteiger partial charge < -0.3 is 37.0 Å². The van der Waals surface area contributed by atoms with E-state index >= 15 is 0 Å². The van der Waals surface area contributed by atoms with Crippen LogP contribution in [0, 0.1) is 11.8 Å². The number of aliphatic hydroxyl groups is 2. The molecule has 0 aliphatic heterocycles. The third-order valence-electron chi connectivity index (χ3n) is 4.92. The number of hydrogen-bond acceptors (Lipinski definition) is 7. The lowest BCUT2D eigenvalue weighted by molar-refractivity contribution is -0.143. The molecule has 0 aromatic rings. The quantitative estimate of drug-likeness (QED) is 0.177. The van der Waals surface area contributed by atoms with Crippen LogP contribution in [0.2, 0.25) is 0 Å². The molecule has 0 radical (unpaired) electrons. The summed E-state index contributed by atoms with van der Waals surface area (Å²) in [5.74, 6) is -4.14. The predicted octanol–water partition coefficient (Wildman–Crippen LogP) is -2.07. The lowest BCUT2D eigenvalue weighted by Gasteiger charge is -2.29. The molecule has 0 bridgehead atoms. The van der Waals surface area contributed by atoms with Gasteiger partial charge in [-0.25, -0.2) is 4.79 Å². The van der Waals surface area contributed by atoms with E-state index in [-0.39, 0.29) is 11.8 Å². The van der Waals surface area contributed by atoms with Gasteiger partial charge in [-0.15, -0.1) is 0 Å². The number of carboxylic acids is 1. The van der Waals surface area contributed by atoms with Crippen molar-refractivity contribution in [3.05, 3.63) is 0 Å². The molecule has 6 unspecified atom stereocenters. The third kappa shape index (κ3) is 8.34. The highest BCUT2D eigenvalue weighted by atomic mass is 16.4. The number of carbonyl (C=O) groups excluding carboxylic acids is 3. The maximum Gasteiger partial charge on any atom is 0.328 e. The van der Waals surface area contributed by atoms with Gasteiger partial charge in [-0.05, 0) is 11.8 Å². The van der Waals surface area contributed by atoms with Crippen molar-refractivity contribution in [1.82, 2.24) is 16.0 Å². The highest BCUT2D eigenvalue weighted by Crippen LogP contribution is 2.12. The summed E-state index contributed by atoms with van der Waals surface area (Å²) in [6, 6.07) is -4.77. The zero-order valence-electron chi connectivity index (χ0n) is 17.3. The van der Waals surface area contributed by atoms with Crippen molar-refractivity contribution in [1.29, 1.82) is 0 Å². The fraction of sp³-hybridized carbons (Fsp3) is 0.778. The van der Waals surface area contributed by atoms with Crippen molar-refractivity contribution in [3.8, 4) is 0 Å². The molecule has 0 aromatic carbocycles. The number of hydrogen-bond donors (Lipinski definition) is 7. The fourth-order valence-corrected chi connectivity index (χ4v) is 2.44. The average molecular weight is 418 g/mol. The maximum absolute atomic E-state index is 12.8. The summed E-state index contributed by atoms with van der Waals surface area (Å²) < 4.78 is 0. The number of carbonyl (C=O) groups is 4. The number of nitrogens with one attached hydrogen (secondary N) is 3. The molecule has 0 saturated carbocycles. The van der Waals surface area contributed by atoms with Crippen molar-refractivity contribution in [3.63, 3.8) is 0 Å². The molecule has 6 atom stereocenters. The smallest absolute Gasteiger partial charge is 0.328 e. The van der Waals surface area contributed by atoms with Crippen LogP contribution in [0.4, 0.5) is 0 Å². The highest BCUT2D eigenvalue weighted by molar-refractivity contribution is 5.94. The van der Waals surface area contributed by atoms with Crippen LogP contribution >= 0.6 is 0 Å². The van der Waals surface area contributed by atoms with E-state index in [4.69, 9.17) is 21.1 Å². The second kappa shape index (κ2) is 13.1. The Morgan fingerprint density at radius 3 is 1.55 bits per heavy atom. The molecular weight excluding hydrogens is 384 g/mol. The van der Waals surface area contributed by atoms with Crippen LogP contribution in [0.1, 0.15) is 40.5 Å². The number of amides is 3. The molecule has 0 heterocycles. The van der Waals surface area contributed by atoms with Crippen molar-refractivity contribution < 1.29 is 34.5 Å². The van der Waals surface area contributed by atoms with Gasteiger partial charge in [0.05, 0.1) is 13.2 Å². The van der Waals surface area contributed by atoms with Crippen LogP contribution in [0.5, 0.6) is 0 Å². The van der Waals surface area contributed by atoms with Crippen LogP contribution in [0.3, 0.4) is 0 Å². The maximum atomic E-state index is 12.8. The highest BCUT2D eigenvalue weighted by Gasteiger charge is 2.34. The van der Waals surface area contributed by atoms with Crippen LogP contribution in [-0.4, -0.2) is 76.4 Å². The van der Waals surface area contributed by atoms with E-state index in [1.165, 1.54) is 0 Å². The summed E-state index contributed by atoms with van der Waals surface area (Å²) in [6.45, 7) is 5.67. The molecule has 8 N–H and O–H groups in total. The van der Waals surface area contributed by atoms with Crippen molar-refractivity contribution in [2.75, 3.05) is 13.2 Å². The number of carboxylic acid groups (broad SMARTS) is 1. The Balaban J connectivity index is 5.49. The lowest BCUT2D eigenvalue weighted by atomic mass is 9.94. The minimum Gasteiger partial charge on any atom is -0.480 e. The van der Waals surface area contributed by atoms with E-state index < -0.39 is 61.1 Å². The van der Waals surface area contributed by atoms with E-state index in [1.54, 1.807) is 20.8 Å². The molecule has 0 aromatic heterocycles. The van der Waals surface area contributed by atoms with Crippen LogP contribution in [0.15, 0.2) is 0 Å². The molecule has 0 aliphatic rings. The number of aliphatic carboxylic acids is 1. The van der Waals surface area contributed by atoms with Gasteiger partial charge in [-0.1, -0.05) is 40.5 Å². The van der Waals surface area contributed by atoms with Crippen molar-refractivity contribution in [2.24, 2.45) is 17.6 Å². The number of nitrogens with two attached hydrogens (primary N) is 1. The molecule has 3 amide bonds.